The fourth-order valence-corrected chi connectivity index (χ4v) is 0.869. The predicted octanol–water partition coefficient (Wildman–Crippen LogP) is 1.23. The first-order valence-electron chi connectivity index (χ1n) is 4.20. The summed E-state index contributed by atoms with van der Waals surface area (Å²) in [4.78, 5) is 15.0. The third kappa shape index (κ3) is 3.51. The summed E-state index contributed by atoms with van der Waals surface area (Å²) in [5.74, 6) is -0.0897. The summed E-state index contributed by atoms with van der Waals surface area (Å²) in [5.41, 5.74) is 0.786. The van der Waals surface area contributed by atoms with Gasteiger partial charge in [-0.15, -0.1) is 0 Å². The van der Waals surface area contributed by atoms with Crippen molar-refractivity contribution >= 4 is 12.0 Å². The number of nitrogens with one attached hydrogen (secondary N) is 1. The molecule has 1 rings (SSSR count). The number of amides is 1. The van der Waals surface area contributed by atoms with Crippen molar-refractivity contribution in [3.05, 3.63) is 36.2 Å². The Labute approximate surface area is 77.5 Å². The molecular formula is C10H12N2O. The van der Waals surface area contributed by atoms with Crippen molar-refractivity contribution in [1.82, 2.24) is 10.3 Å². The van der Waals surface area contributed by atoms with Crippen molar-refractivity contribution in [2.45, 2.75) is 6.92 Å². The van der Waals surface area contributed by atoms with Crippen LogP contribution in [0, 0.1) is 0 Å². The van der Waals surface area contributed by atoms with E-state index in [1.807, 2.05) is 25.1 Å². The standard InChI is InChI=1S/C10H12N2O/c1-2-11-10(13)7-6-9-5-3-4-8-12-9/h3-8H,2H2,1H3,(H,11,13)/b7-6+. The van der Waals surface area contributed by atoms with Crippen molar-refractivity contribution < 1.29 is 4.79 Å². The van der Waals surface area contributed by atoms with E-state index in [1.165, 1.54) is 6.08 Å². The zero-order chi connectivity index (χ0) is 9.52. The van der Waals surface area contributed by atoms with E-state index in [0.29, 0.717) is 6.54 Å². The van der Waals surface area contributed by atoms with E-state index in [1.54, 1.807) is 12.3 Å². The van der Waals surface area contributed by atoms with Gasteiger partial charge in [-0.2, -0.15) is 0 Å². The van der Waals surface area contributed by atoms with Crippen molar-refractivity contribution in [3.8, 4) is 0 Å². The smallest absolute Gasteiger partial charge is 0.244 e. The summed E-state index contributed by atoms with van der Waals surface area (Å²) >= 11 is 0. The fraction of sp³-hybridized carbons (Fsp3) is 0.200. The summed E-state index contributed by atoms with van der Waals surface area (Å²) in [6, 6.07) is 5.56. The van der Waals surface area contributed by atoms with Crippen LogP contribution in [-0.2, 0) is 4.79 Å². The van der Waals surface area contributed by atoms with Gasteiger partial charge in [-0.05, 0) is 25.1 Å². The van der Waals surface area contributed by atoms with Crippen LogP contribution in [0.3, 0.4) is 0 Å². The molecule has 0 aliphatic rings. The molecule has 0 aromatic carbocycles. The van der Waals surface area contributed by atoms with Gasteiger partial charge in [0.2, 0.25) is 5.91 Å². The fourth-order valence-electron chi connectivity index (χ4n) is 0.869. The van der Waals surface area contributed by atoms with Crippen LogP contribution in [-0.4, -0.2) is 17.4 Å². The number of rotatable bonds is 3. The Bertz CT molecular complexity index is 293. The molecule has 1 aromatic heterocycles. The van der Waals surface area contributed by atoms with Crippen molar-refractivity contribution in [2.24, 2.45) is 0 Å². The maximum Gasteiger partial charge on any atom is 0.244 e. The molecule has 0 atom stereocenters. The van der Waals surface area contributed by atoms with Crippen molar-refractivity contribution in [1.29, 1.82) is 0 Å². The third-order valence-electron chi connectivity index (χ3n) is 1.44. The lowest BCUT2D eigenvalue weighted by Gasteiger charge is -1.94. The number of likely N-dealkylation sites (N-methyl/N-ethyl adjacent to an activating group) is 1. The molecule has 3 heteroatoms. The number of carbonyl (C=O) groups is 1. The molecule has 0 saturated heterocycles. The number of aromatic nitrogens is 1. The number of hydrogen-bond acceptors (Lipinski definition) is 2. The van der Waals surface area contributed by atoms with E-state index in [2.05, 4.69) is 10.3 Å². The quantitative estimate of drug-likeness (QED) is 0.704. The van der Waals surface area contributed by atoms with E-state index in [0.717, 1.165) is 5.69 Å². The first-order valence-corrected chi connectivity index (χ1v) is 4.20. The Morgan fingerprint density at radius 1 is 1.62 bits per heavy atom. The highest BCUT2D eigenvalue weighted by molar-refractivity contribution is 5.91. The zero-order valence-electron chi connectivity index (χ0n) is 7.53. The Balaban J connectivity index is 2.54. The number of hydrogen-bond donors (Lipinski definition) is 1. The minimum absolute atomic E-state index is 0.0897. The van der Waals surface area contributed by atoms with Crippen LogP contribution < -0.4 is 5.32 Å². The normalized spacial score (nSPS) is 10.2. The number of pyridine rings is 1. The SMILES string of the molecule is CCNC(=O)/C=C/c1ccccn1. The average Bonchev–Trinajstić information content (AvgIpc) is 2.17. The summed E-state index contributed by atoms with van der Waals surface area (Å²) in [6.45, 7) is 2.53. The van der Waals surface area contributed by atoms with Gasteiger partial charge in [0.1, 0.15) is 0 Å². The van der Waals surface area contributed by atoms with E-state index >= 15 is 0 Å². The first-order chi connectivity index (χ1) is 6.33. The highest BCUT2D eigenvalue weighted by atomic mass is 16.1. The highest BCUT2D eigenvalue weighted by Gasteiger charge is 1.90. The van der Waals surface area contributed by atoms with Gasteiger partial charge in [0, 0.05) is 18.8 Å². The maximum absolute atomic E-state index is 11.0. The molecule has 0 bridgehead atoms. The van der Waals surface area contributed by atoms with E-state index < -0.39 is 0 Å². The minimum Gasteiger partial charge on any atom is -0.353 e. The van der Waals surface area contributed by atoms with E-state index in [4.69, 9.17) is 0 Å². The van der Waals surface area contributed by atoms with Gasteiger partial charge in [-0.3, -0.25) is 9.78 Å². The van der Waals surface area contributed by atoms with Gasteiger partial charge in [-0.1, -0.05) is 6.07 Å². The van der Waals surface area contributed by atoms with Crippen LogP contribution in [0.2, 0.25) is 0 Å². The van der Waals surface area contributed by atoms with Gasteiger partial charge in [-0.25, -0.2) is 0 Å². The molecule has 0 spiro atoms. The summed E-state index contributed by atoms with van der Waals surface area (Å²) in [7, 11) is 0. The molecule has 1 heterocycles. The first kappa shape index (κ1) is 9.45. The minimum atomic E-state index is -0.0897. The lowest BCUT2D eigenvalue weighted by molar-refractivity contribution is -0.116. The molecule has 3 nitrogen and oxygen atoms in total. The Morgan fingerprint density at radius 3 is 3.08 bits per heavy atom. The lowest BCUT2D eigenvalue weighted by Crippen LogP contribution is -2.19. The van der Waals surface area contributed by atoms with Crippen LogP contribution in [0.15, 0.2) is 30.5 Å². The predicted molar refractivity (Wildman–Crippen MR) is 52.0 cm³/mol. The molecule has 13 heavy (non-hydrogen) atoms. The summed E-state index contributed by atoms with van der Waals surface area (Å²) in [5, 5.41) is 2.66. The zero-order valence-corrected chi connectivity index (χ0v) is 7.53. The second-order valence-corrected chi connectivity index (χ2v) is 2.48. The summed E-state index contributed by atoms with van der Waals surface area (Å²) < 4.78 is 0. The van der Waals surface area contributed by atoms with Crippen LogP contribution in [0.25, 0.3) is 6.08 Å². The van der Waals surface area contributed by atoms with Gasteiger partial charge < -0.3 is 5.32 Å². The molecule has 0 unspecified atom stereocenters. The molecule has 0 fully saturated rings. The largest absolute Gasteiger partial charge is 0.353 e. The Morgan fingerprint density at radius 2 is 2.46 bits per heavy atom. The topological polar surface area (TPSA) is 42.0 Å². The second-order valence-electron chi connectivity index (χ2n) is 2.48. The second kappa shape index (κ2) is 5.09. The van der Waals surface area contributed by atoms with Gasteiger partial charge in [0.25, 0.3) is 0 Å². The molecule has 0 radical (unpaired) electrons. The van der Waals surface area contributed by atoms with E-state index in [9.17, 15) is 4.79 Å². The van der Waals surface area contributed by atoms with Gasteiger partial charge in [0.05, 0.1) is 5.69 Å². The molecule has 1 amide bonds. The third-order valence-corrected chi connectivity index (χ3v) is 1.44. The van der Waals surface area contributed by atoms with Crippen LogP contribution in [0.5, 0.6) is 0 Å². The number of carbonyl (C=O) groups excluding carboxylic acids is 1. The highest BCUT2D eigenvalue weighted by Crippen LogP contribution is 1.95. The molecule has 0 aliphatic carbocycles. The van der Waals surface area contributed by atoms with Crippen LogP contribution in [0.1, 0.15) is 12.6 Å². The Kier molecular flexibility index (Phi) is 3.70. The summed E-state index contributed by atoms with van der Waals surface area (Å²) in [6.07, 6.45) is 4.86. The molecular weight excluding hydrogens is 164 g/mol. The molecule has 0 saturated carbocycles. The average molecular weight is 176 g/mol. The molecule has 1 aromatic rings. The maximum atomic E-state index is 11.0. The van der Waals surface area contributed by atoms with Crippen LogP contribution >= 0.6 is 0 Å². The van der Waals surface area contributed by atoms with Gasteiger partial charge in [0.15, 0.2) is 0 Å². The molecule has 68 valence electrons. The Hall–Kier alpha value is -1.64. The van der Waals surface area contributed by atoms with Crippen LogP contribution in [0.4, 0.5) is 0 Å². The molecule has 1 N–H and O–H groups in total. The lowest BCUT2D eigenvalue weighted by atomic mass is 10.3. The van der Waals surface area contributed by atoms with Crippen molar-refractivity contribution in [2.75, 3.05) is 6.54 Å². The van der Waals surface area contributed by atoms with E-state index in [-0.39, 0.29) is 5.91 Å². The van der Waals surface area contributed by atoms with Gasteiger partial charge >= 0.3 is 0 Å². The monoisotopic (exact) mass is 176 g/mol. The molecule has 0 aliphatic heterocycles. The van der Waals surface area contributed by atoms with Crippen molar-refractivity contribution in [3.63, 3.8) is 0 Å². The number of nitrogens with zero attached hydrogens (tertiary/aromatic N) is 1.